The van der Waals surface area contributed by atoms with E-state index in [1.807, 2.05) is 0 Å². The van der Waals surface area contributed by atoms with Gasteiger partial charge in [-0.1, -0.05) is 6.92 Å². The van der Waals surface area contributed by atoms with Crippen molar-refractivity contribution in [1.29, 1.82) is 0 Å². The molecule has 1 aliphatic rings. The molecule has 5 nitrogen and oxygen atoms in total. The Balaban J connectivity index is 2.42. The van der Waals surface area contributed by atoms with Crippen molar-refractivity contribution in [3.63, 3.8) is 0 Å². The summed E-state index contributed by atoms with van der Waals surface area (Å²) in [6.45, 7) is 2.18. The van der Waals surface area contributed by atoms with Crippen LogP contribution in [0.1, 0.15) is 13.3 Å². The molecule has 1 aromatic carbocycles. The predicted octanol–water partition coefficient (Wildman–Crippen LogP) is 1.49. The quantitative estimate of drug-likeness (QED) is 0.883. The van der Waals surface area contributed by atoms with Crippen molar-refractivity contribution in [2.75, 3.05) is 13.1 Å². The molecule has 0 aliphatic carbocycles. The number of nitrogens with zero attached hydrogens (tertiary/aromatic N) is 1. The molecule has 1 amide bonds. The third kappa shape index (κ3) is 2.72. The number of carbonyl (C=O) groups is 1. The summed E-state index contributed by atoms with van der Waals surface area (Å²) in [4.78, 5) is 11.6. The molecule has 0 spiro atoms. The fourth-order valence-corrected chi connectivity index (χ4v) is 4.06. The van der Waals surface area contributed by atoms with Gasteiger partial charge in [-0.15, -0.1) is 0 Å². The molecule has 2 rings (SSSR count). The number of nitrogens with one attached hydrogen (secondary N) is 1. The molecule has 0 bridgehead atoms. The Morgan fingerprint density at radius 2 is 2.20 bits per heavy atom. The first-order valence-electron chi connectivity index (χ1n) is 6.12. The molecule has 1 N–H and O–H groups in total. The Hall–Kier alpha value is -0.990. The Kier molecular flexibility index (Phi) is 4.46. The van der Waals surface area contributed by atoms with Crippen molar-refractivity contribution >= 4 is 31.9 Å². The Morgan fingerprint density at radius 1 is 1.50 bits per heavy atom. The van der Waals surface area contributed by atoms with Crippen molar-refractivity contribution in [2.24, 2.45) is 0 Å². The molecule has 1 heterocycles. The SMILES string of the molecule is CCC1C(=O)NCCN1S(=O)(=O)c1ccc(Br)c(F)c1. The number of halogens is 2. The van der Waals surface area contributed by atoms with Crippen molar-refractivity contribution < 1.29 is 17.6 Å². The second-order valence-electron chi connectivity index (χ2n) is 4.41. The minimum atomic E-state index is -3.88. The maximum absolute atomic E-state index is 13.5. The van der Waals surface area contributed by atoms with Crippen molar-refractivity contribution in [2.45, 2.75) is 24.3 Å². The molecule has 1 aliphatic heterocycles. The summed E-state index contributed by atoms with van der Waals surface area (Å²) in [6.07, 6.45) is 0.365. The third-order valence-electron chi connectivity index (χ3n) is 3.17. The summed E-state index contributed by atoms with van der Waals surface area (Å²) in [6, 6.07) is 2.87. The molecule has 1 fully saturated rings. The highest BCUT2D eigenvalue weighted by molar-refractivity contribution is 9.10. The lowest BCUT2D eigenvalue weighted by molar-refractivity contribution is -0.126. The molecule has 8 heteroatoms. The normalized spacial score (nSPS) is 20.8. The molecule has 1 saturated heterocycles. The van der Waals surface area contributed by atoms with E-state index in [0.29, 0.717) is 6.42 Å². The third-order valence-corrected chi connectivity index (χ3v) is 5.71. The summed E-state index contributed by atoms with van der Waals surface area (Å²) < 4.78 is 39.9. The average Bonchev–Trinajstić information content (AvgIpc) is 2.41. The van der Waals surface area contributed by atoms with Gasteiger partial charge in [0.2, 0.25) is 15.9 Å². The van der Waals surface area contributed by atoms with Crippen LogP contribution < -0.4 is 5.32 Å². The lowest BCUT2D eigenvalue weighted by atomic mass is 10.2. The van der Waals surface area contributed by atoms with E-state index in [0.717, 1.165) is 10.4 Å². The van der Waals surface area contributed by atoms with E-state index >= 15 is 0 Å². The summed E-state index contributed by atoms with van der Waals surface area (Å²) >= 11 is 2.98. The second kappa shape index (κ2) is 5.79. The molecule has 0 saturated carbocycles. The van der Waals surface area contributed by atoms with Crippen LogP contribution in [0.4, 0.5) is 4.39 Å². The van der Waals surface area contributed by atoms with Gasteiger partial charge in [-0.2, -0.15) is 4.31 Å². The molecular weight excluding hydrogens is 351 g/mol. The zero-order valence-corrected chi connectivity index (χ0v) is 13.2. The number of carbonyl (C=O) groups excluding carboxylic acids is 1. The standard InChI is InChI=1S/C12H14BrFN2O3S/c1-2-11-12(17)15-5-6-16(11)20(18,19)8-3-4-9(13)10(14)7-8/h3-4,7,11H,2,5-6H2,1H3,(H,15,17). The average molecular weight is 365 g/mol. The predicted molar refractivity (Wildman–Crippen MR) is 75.1 cm³/mol. The van der Waals surface area contributed by atoms with E-state index in [1.165, 1.54) is 12.1 Å². The van der Waals surface area contributed by atoms with Crippen molar-refractivity contribution in [3.8, 4) is 0 Å². The molecule has 1 atom stereocenters. The number of amides is 1. The van der Waals surface area contributed by atoms with Gasteiger partial charge in [0.1, 0.15) is 11.9 Å². The fourth-order valence-electron chi connectivity index (χ4n) is 2.14. The second-order valence-corrected chi connectivity index (χ2v) is 7.15. The summed E-state index contributed by atoms with van der Waals surface area (Å²) in [7, 11) is -3.88. The maximum Gasteiger partial charge on any atom is 0.243 e. The van der Waals surface area contributed by atoms with E-state index in [2.05, 4.69) is 21.2 Å². The van der Waals surface area contributed by atoms with E-state index in [9.17, 15) is 17.6 Å². The van der Waals surface area contributed by atoms with Crippen molar-refractivity contribution in [1.82, 2.24) is 9.62 Å². The highest BCUT2D eigenvalue weighted by Gasteiger charge is 2.37. The number of piperazine rings is 1. The highest BCUT2D eigenvalue weighted by atomic mass is 79.9. The van der Waals surface area contributed by atoms with Crippen LogP contribution in [-0.4, -0.2) is 37.8 Å². The van der Waals surface area contributed by atoms with E-state index in [1.54, 1.807) is 6.92 Å². The topological polar surface area (TPSA) is 66.5 Å². The summed E-state index contributed by atoms with van der Waals surface area (Å²) in [5, 5.41) is 2.63. The minimum Gasteiger partial charge on any atom is -0.353 e. The first kappa shape index (κ1) is 15.4. The number of sulfonamides is 1. The number of rotatable bonds is 3. The van der Waals surface area contributed by atoms with Crippen LogP contribution in [0.5, 0.6) is 0 Å². The molecule has 110 valence electrons. The Bertz CT molecular complexity index is 636. The van der Waals surface area contributed by atoms with Gasteiger partial charge in [0, 0.05) is 13.1 Å². The van der Waals surface area contributed by atoms with E-state index in [4.69, 9.17) is 0 Å². The number of hydrogen-bond acceptors (Lipinski definition) is 3. The highest BCUT2D eigenvalue weighted by Crippen LogP contribution is 2.24. The van der Waals surface area contributed by atoms with Gasteiger partial charge in [-0.25, -0.2) is 12.8 Å². The van der Waals surface area contributed by atoms with Crippen molar-refractivity contribution in [3.05, 3.63) is 28.5 Å². The fraction of sp³-hybridized carbons (Fsp3) is 0.417. The smallest absolute Gasteiger partial charge is 0.243 e. The van der Waals surface area contributed by atoms with Crippen LogP contribution in [-0.2, 0) is 14.8 Å². The van der Waals surface area contributed by atoms with Gasteiger partial charge in [0.25, 0.3) is 0 Å². The lowest BCUT2D eigenvalue weighted by Gasteiger charge is -2.33. The molecule has 1 aromatic rings. The zero-order chi connectivity index (χ0) is 14.9. The van der Waals surface area contributed by atoms with Crippen LogP contribution in [0.2, 0.25) is 0 Å². The first-order chi connectivity index (χ1) is 9.37. The van der Waals surface area contributed by atoms with Gasteiger partial charge >= 0.3 is 0 Å². The van der Waals surface area contributed by atoms with Crippen LogP contribution in [0, 0.1) is 5.82 Å². The molecule has 20 heavy (non-hydrogen) atoms. The summed E-state index contributed by atoms with van der Waals surface area (Å²) in [5.41, 5.74) is 0. The van der Waals surface area contributed by atoms with Gasteiger partial charge < -0.3 is 5.32 Å². The minimum absolute atomic E-state index is 0.147. The first-order valence-corrected chi connectivity index (χ1v) is 8.36. The Morgan fingerprint density at radius 3 is 2.80 bits per heavy atom. The van der Waals surface area contributed by atoms with E-state index in [-0.39, 0.29) is 28.4 Å². The lowest BCUT2D eigenvalue weighted by Crippen LogP contribution is -2.56. The summed E-state index contributed by atoms with van der Waals surface area (Å²) in [5.74, 6) is -0.972. The zero-order valence-electron chi connectivity index (χ0n) is 10.8. The van der Waals surface area contributed by atoms with E-state index < -0.39 is 21.9 Å². The van der Waals surface area contributed by atoms with Crippen LogP contribution in [0.3, 0.4) is 0 Å². The van der Waals surface area contributed by atoms with Gasteiger partial charge in [0.15, 0.2) is 0 Å². The van der Waals surface area contributed by atoms with Gasteiger partial charge in [-0.05, 0) is 40.5 Å². The maximum atomic E-state index is 13.5. The molecular formula is C12H14BrFN2O3S. The number of benzene rings is 1. The van der Waals surface area contributed by atoms with Gasteiger partial charge in [-0.3, -0.25) is 4.79 Å². The molecule has 0 radical (unpaired) electrons. The van der Waals surface area contributed by atoms with Gasteiger partial charge in [0.05, 0.1) is 9.37 Å². The molecule has 0 aromatic heterocycles. The van der Waals surface area contributed by atoms with Crippen LogP contribution in [0.25, 0.3) is 0 Å². The number of hydrogen-bond donors (Lipinski definition) is 1. The monoisotopic (exact) mass is 364 g/mol. The molecule has 1 unspecified atom stereocenters. The van der Waals surface area contributed by atoms with Crippen LogP contribution in [0.15, 0.2) is 27.6 Å². The van der Waals surface area contributed by atoms with Crippen LogP contribution >= 0.6 is 15.9 Å². The largest absolute Gasteiger partial charge is 0.353 e. The Labute approximate surface area is 125 Å².